The van der Waals surface area contributed by atoms with Gasteiger partial charge in [-0.3, -0.25) is 4.79 Å². The molecule has 118 valence electrons. The van der Waals surface area contributed by atoms with Crippen LogP contribution in [0.1, 0.15) is 26.3 Å². The van der Waals surface area contributed by atoms with E-state index in [2.05, 4.69) is 28.5 Å². The van der Waals surface area contributed by atoms with E-state index in [4.69, 9.17) is 0 Å². The molecule has 0 aliphatic carbocycles. The van der Waals surface area contributed by atoms with Crippen LogP contribution in [0.4, 0.5) is 0 Å². The molecular weight excluding hydrogens is 304 g/mol. The molecule has 1 aromatic heterocycles. The molecule has 1 heterocycles. The van der Waals surface area contributed by atoms with Crippen molar-refractivity contribution in [2.45, 2.75) is 27.3 Å². The predicted octanol–water partition coefficient (Wildman–Crippen LogP) is 4.63. The molecule has 3 rings (SSSR count). The van der Waals surface area contributed by atoms with Crippen molar-refractivity contribution in [3.05, 3.63) is 54.1 Å². The summed E-state index contributed by atoms with van der Waals surface area (Å²) < 4.78 is 1.20. The minimum absolute atomic E-state index is 0.0627. The first-order valence-corrected chi connectivity index (χ1v) is 8.48. The number of rotatable bonds is 3. The molecule has 0 aliphatic heterocycles. The highest BCUT2D eigenvalue weighted by Crippen LogP contribution is 2.30. The Bertz CT molecular complexity index is 795. The number of nitrogens with zero attached hydrogens (tertiary/aromatic N) is 1. The fourth-order valence-corrected chi connectivity index (χ4v) is 3.18. The predicted molar refractivity (Wildman–Crippen MR) is 96.4 cm³/mol. The van der Waals surface area contributed by atoms with Gasteiger partial charge in [0.1, 0.15) is 5.01 Å². The van der Waals surface area contributed by atoms with Crippen molar-refractivity contribution in [3.8, 4) is 10.6 Å². The van der Waals surface area contributed by atoms with E-state index in [0.29, 0.717) is 6.54 Å². The zero-order chi connectivity index (χ0) is 16.4. The zero-order valence-corrected chi connectivity index (χ0v) is 14.4. The van der Waals surface area contributed by atoms with Crippen LogP contribution in [0.2, 0.25) is 0 Å². The number of aromatic nitrogens is 1. The Morgan fingerprint density at radius 1 is 1.09 bits per heavy atom. The van der Waals surface area contributed by atoms with Crippen LogP contribution in [-0.4, -0.2) is 10.9 Å². The molecule has 0 bridgehead atoms. The molecule has 0 fully saturated rings. The number of para-hydroxylation sites is 1. The van der Waals surface area contributed by atoms with Gasteiger partial charge >= 0.3 is 0 Å². The second-order valence-corrected chi connectivity index (χ2v) is 7.65. The van der Waals surface area contributed by atoms with E-state index in [-0.39, 0.29) is 11.3 Å². The molecule has 1 amide bonds. The monoisotopic (exact) mass is 324 g/mol. The van der Waals surface area contributed by atoms with Crippen LogP contribution in [0, 0.1) is 5.41 Å². The van der Waals surface area contributed by atoms with Gasteiger partial charge in [0.25, 0.3) is 0 Å². The van der Waals surface area contributed by atoms with Gasteiger partial charge in [-0.2, -0.15) is 0 Å². The van der Waals surface area contributed by atoms with Crippen molar-refractivity contribution in [2.24, 2.45) is 5.41 Å². The summed E-state index contributed by atoms with van der Waals surface area (Å²) in [5.74, 6) is 0.0627. The lowest BCUT2D eigenvalue weighted by atomic mass is 9.95. The van der Waals surface area contributed by atoms with Crippen LogP contribution in [0.25, 0.3) is 20.8 Å². The highest BCUT2D eigenvalue weighted by molar-refractivity contribution is 7.21. The normalized spacial score (nSPS) is 11.6. The minimum Gasteiger partial charge on any atom is -0.352 e. The molecule has 0 aliphatic rings. The maximum atomic E-state index is 11.9. The summed E-state index contributed by atoms with van der Waals surface area (Å²) in [5.41, 5.74) is 2.87. The minimum atomic E-state index is -0.360. The van der Waals surface area contributed by atoms with Crippen molar-refractivity contribution >= 4 is 27.5 Å². The molecule has 1 N–H and O–H groups in total. The van der Waals surface area contributed by atoms with E-state index in [1.54, 1.807) is 11.3 Å². The van der Waals surface area contributed by atoms with Gasteiger partial charge in [0.15, 0.2) is 0 Å². The number of fused-ring (bicyclic) bond motifs is 1. The van der Waals surface area contributed by atoms with Gasteiger partial charge in [-0.1, -0.05) is 57.2 Å². The van der Waals surface area contributed by atoms with Gasteiger partial charge in [0, 0.05) is 17.5 Å². The first-order valence-electron chi connectivity index (χ1n) is 7.67. The third-order valence-corrected chi connectivity index (χ3v) is 4.71. The van der Waals surface area contributed by atoms with Crippen LogP contribution < -0.4 is 5.32 Å². The maximum Gasteiger partial charge on any atom is 0.225 e. The Morgan fingerprint density at radius 2 is 1.78 bits per heavy atom. The fraction of sp³-hybridized carbons (Fsp3) is 0.263. The summed E-state index contributed by atoms with van der Waals surface area (Å²) in [6, 6.07) is 16.4. The van der Waals surface area contributed by atoms with Gasteiger partial charge in [0.2, 0.25) is 5.91 Å². The number of nitrogens with one attached hydrogen (secondary N) is 1. The number of amides is 1. The highest BCUT2D eigenvalue weighted by Gasteiger charge is 2.20. The Kier molecular flexibility index (Phi) is 4.18. The van der Waals surface area contributed by atoms with Gasteiger partial charge in [-0.05, 0) is 17.7 Å². The first kappa shape index (κ1) is 15.7. The molecule has 4 heteroatoms. The van der Waals surface area contributed by atoms with Crippen LogP contribution in [0.15, 0.2) is 48.5 Å². The number of thiazole rings is 1. The standard InChI is InChI=1S/C19H20N2OS/c1-19(2,3)18(22)20-12-13-8-10-14(11-9-13)17-21-15-6-4-5-7-16(15)23-17/h4-11H,12H2,1-3H3,(H,20,22). The van der Waals surface area contributed by atoms with E-state index in [9.17, 15) is 4.79 Å². The molecule has 3 aromatic rings. The van der Waals surface area contributed by atoms with Crippen LogP contribution >= 0.6 is 11.3 Å². The van der Waals surface area contributed by atoms with Gasteiger partial charge in [-0.25, -0.2) is 4.98 Å². The van der Waals surface area contributed by atoms with Gasteiger partial charge < -0.3 is 5.32 Å². The summed E-state index contributed by atoms with van der Waals surface area (Å²) in [6.07, 6.45) is 0. The summed E-state index contributed by atoms with van der Waals surface area (Å²) in [4.78, 5) is 16.6. The Hall–Kier alpha value is -2.20. The summed E-state index contributed by atoms with van der Waals surface area (Å²) >= 11 is 1.70. The molecule has 0 radical (unpaired) electrons. The van der Waals surface area contributed by atoms with Crippen LogP contribution in [0.3, 0.4) is 0 Å². The van der Waals surface area contributed by atoms with Gasteiger partial charge in [0.05, 0.1) is 10.2 Å². The van der Waals surface area contributed by atoms with E-state index in [1.807, 2.05) is 51.1 Å². The first-order chi connectivity index (χ1) is 10.9. The Balaban J connectivity index is 1.73. The summed E-state index contributed by atoms with van der Waals surface area (Å²) in [6.45, 7) is 6.30. The average Bonchev–Trinajstić information content (AvgIpc) is 2.96. The Labute approximate surface area is 140 Å². The smallest absolute Gasteiger partial charge is 0.225 e. The number of carbonyl (C=O) groups is 1. The lowest BCUT2D eigenvalue weighted by molar-refractivity contribution is -0.128. The summed E-state index contributed by atoms with van der Waals surface area (Å²) in [7, 11) is 0. The number of benzene rings is 2. The fourth-order valence-electron chi connectivity index (χ4n) is 2.21. The molecule has 0 saturated heterocycles. The summed E-state index contributed by atoms with van der Waals surface area (Å²) in [5, 5.41) is 3.99. The molecule has 0 unspecified atom stereocenters. The van der Waals surface area contributed by atoms with E-state index in [1.165, 1.54) is 4.70 Å². The van der Waals surface area contributed by atoms with Gasteiger partial charge in [-0.15, -0.1) is 11.3 Å². The number of carbonyl (C=O) groups excluding carboxylic acids is 1. The maximum absolute atomic E-state index is 11.9. The molecular formula is C19H20N2OS. The molecule has 0 atom stereocenters. The second kappa shape index (κ2) is 6.13. The lowest BCUT2D eigenvalue weighted by Gasteiger charge is -2.17. The number of hydrogen-bond acceptors (Lipinski definition) is 3. The molecule has 0 saturated carbocycles. The van der Waals surface area contributed by atoms with Crippen molar-refractivity contribution < 1.29 is 4.79 Å². The third kappa shape index (κ3) is 3.59. The van der Waals surface area contributed by atoms with E-state index in [0.717, 1.165) is 21.7 Å². The van der Waals surface area contributed by atoms with E-state index < -0.39 is 0 Å². The molecule has 0 spiro atoms. The topological polar surface area (TPSA) is 42.0 Å². The third-order valence-electron chi connectivity index (χ3n) is 3.63. The van der Waals surface area contributed by atoms with Crippen LogP contribution in [0.5, 0.6) is 0 Å². The second-order valence-electron chi connectivity index (χ2n) is 6.62. The largest absolute Gasteiger partial charge is 0.352 e. The van der Waals surface area contributed by atoms with E-state index >= 15 is 0 Å². The van der Waals surface area contributed by atoms with Crippen molar-refractivity contribution in [2.75, 3.05) is 0 Å². The lowest BCUT2D eigenvalue weighted by Crippen LogP contribution is -2.34. The molecule has 23 heavy (non-hydrogen) atoms. The quantitative estimate of drug-likeness (QED) is 0.763. The van der Waals surface area contributed by atoms with Crippen molar-refractivity contribution in [1.82, 2.24) is 10.3 Å². The Morgan fingerprint density at radius 3 is 2.43 bits per heavy atom. The van der Waals surface area contributed by atoms with Crippen molar-refractivity contribution in [3.63, 3.8) is 0 Å². The number of hydrogen-bond donors (Lipinski definition) is 1. The molecule has 3 nitrogen and oxygen atoms in total. The van der Waals surface area contributed by atoms with Crippen molar-refractivity contribution in [1.29, 1.82) is 0 Å². The molecule has 2 aromatic carbocycles. The SMILES string of the molecule is CC(C)(C)C(=O)NCc1ccc(-c2nc3ccccc3s2)cc1. The highest BCUT2D eigenvalue weighted by atomic mass is 32.1. The average molecular weight is 324 g/mol. The zero-order valence-electron chi connectivity index (χ0n) is 13.6. The van der Waals surface area contributed by atoms with Crippen LogP contribution in [-0.2, 0) is 11.3 Å².